The summed E-state index contributed by atoms with van der Waals surface area (Å²) in [6.07, 6.45) is 0. The Hall–Kier alpha value is -0.875. The minimum atomic E-state index is -4.87. The quantitative estimate of drug-likeness (QED) is 0.174. The summed E-state index contributed by atoms with van der Waals surface area (Å²) in [6.45, 7) is 15.1. The van der Waals surface area contributed by atoms with Crippen LogP contribution in [0.4, 0.5) is 8.78 Å². The van der Waals surface area contributed by atoms with Crippen LogP contribution in [-0.2, 0) is 33.3 Å². The van der Waals surface area contributed by atoms with Gasteiger partial charge in [0.05, 0.1) is 30.0 Å². The molecule has 0 N–H and O–H groups in total. The number of halogens is 3. The van der Waals surface area contributed by atoms with E-state index in [2.05, 4.69) is 15.9 Å². The summed E-state index contributed by atoms with van der Waals surface area (Å²) in [7, 11) is -5.83. The molecule has 2 heterocycles. The second-order valence-corrected chi connectivity index (χ2v) is 14.5. The van der Waals surface area contributed by atoms with Crippen LogP contribution in [0, 0.1) is 0 Å². The van der Waals surface area contributed by atoms with Crippen LogP contribution in [0.1, 0.15) is 77.5 Å². The number of fused-ring (bicyclic) bond motifs is 1. The first-order chi connectivity index (χ1) is 16.8. The molecule has 1 aliphatic heterocycles. The summed E-state index contributed by atoms with van der Waals surface area (Å²) in [6, 6.07) is 3.00. The molecule has 3 rings (SSSR count). The first-order valence-corrected chi connectivity index (χ1v) is 15.1. The van der Waals surface area contributed by atoms with Crippen molar-refractivity contribution < 1.29 is 41.2 Å². The van der Waals surface area contributed by atoms with Gasteiger partial charge in [0.25, 0.3) is 0 Å². The molecule has 7 nitrogen and oxygen atoms in total. The zero-order valence-electron chi connectivity index (χ0n) is 22.5. The molecule has 0 saturated carbocycles. The molecular weight excluding hydrogens is 592 g/mol. The van der Waals surface area contributed by atoms with Gasteiger partial charge in [-0.25, -0.2) is 4.79 Å². The van der Waals surface area contributed by atoms with E-state index in [1.807, 2.05) is 27.7 Å². The molecule has 2 aromatic rings. The Morgan fingerprint density at radius 2 is 1.59 bits per heavy atom. The van der Waals surface area contributed by atoms with Crippen molar-refractivity contribution in [2.45, 2.75) is 84.8 Å². The third kappa shape index (κ3) is 5.71. The number of hydrogen-bond acceptors (Lipinski definition) is 8. The summed E-state index contributed by atoms with van der Waals surface area (Å²) < 4.78 is 73.1. The van der Waals surface area contributed by atoms with Crippen LogP contribution >= 0.6 is 34.9 Å². The molecule has 1 fully saturated rings. The Morgan fingerprint density at radius 3 is 2.05 bits per heavy atom. The molecule has 0 aliphatic carbocycles. The molecule has 0 amide bonds. The number of benzene rings is 1. The average molecular weight is 625 g/mol. The Balaban J connectivity index is 2.28. The smallest absolute Gasteiger partial charge is 0.456 e. The Kier molecular flexibility index (Phi) is 8.51. The highest BCUT2D eigenvalue weighted by Crippen LogP contribution is 2.69. The van der Waals surface area contributed by atoms with E-state index in [1.54, 1.807) is 20.8 Å². The van der Waals surface area contributed by atoms with Gasteiger partial charge in [-0.1, -0.05) is 0 Å². The summed E-state index contributed by atoms with van der Waals surface area (Å²) in [5, 5.41) is 0.298. The maximum Gasteiger partial charge on any atom is 0.496 e. The largest absolute Gasteiger partial charge is 0.496 e. The molecule has 0 unspecified atom stereocenters. The van der Waals surface area contributed by atoms with Crippen LogP contribution in [-0.4, -0.2) is 43.1 Å². The highest BCUT2D eigenvalue weighted by atomic mass is 79.9. The Morgan fingerprint density at radius 1 is 1.08 bits per heavy atom. The maximum atomic E-state index is 15.8. The van der Waals surface area contributed by atoms with Crippen LogP contribution in [0.5, 0.6) is 0 Å². The number of ether oxygens (including phenoxy) is 1. The van der Waals surface area contributed by atoms with E-state index >= 15 is 8.78 Å². The first kappa shape index (κ1) is 30.7. The fraction of sp³-hybridized carbons (Fsp3) is 0.625. The van der Waals surface area contributed by atoms with Gasteiger partial charge in [-0.05, 0) is 90.4 Å². The van der Waals surface area contributed by atoms with Crippen molar-refractivity contribution in [1.82, 2.24) is 0 Å². The topological polar surface area (TPSA) is 80.3 Å². The van der Waals surface area contributed by atoms with Gasteiger partial charge in [0, 0.05) is 20.0 Å². The lowest BCUT2D eigenvalue weighted by Gasteiger charge is -2.32. The molecule has 0 bridgehead atoms. The van der Waals surface area contributed by atoms with Crippen LogP contribution in [0.15, 0.2) is 16.6 Å². The average Bonchev–Trinajstić information content (AvgIpc) is 3.19. The molecule has 0 radical (unpaired) electrons. The van der Waals surface area contributed by atoms with Crippen LogP contribution in [0.3, 0.4) is 0 Å². The van der Waals surface area contributed by atoms with Crippen molar-refractivity contribution in [3.63, 3.8) is 0 Å². The minimum Gasteiger partial charge on any atom is -0.456 e. The van der Waals surface area contributed by atoms with Gasteiger partial charge < -0.3 is 23.1 Å². The second kappa shape index (κ2) is 10.3. The van der Waals surface area contributed by atoms with E-state index in [-0.39, 0.29) is 23.2 Å². The predicted octanol–water partition coefficient (Wildman–Crippen LogP) is 7.23. The molecule has 0 spiro atoms. The van der Waals surface area contributed by atoms with Crippen molar-refractivity contribution in [1.29, 1.82) is 0 Å². The Labute approximate surface area is 229 Å². The van der Waals surface area contributed by atoms with E-state index in [4.69, 9.17) is 23.1 Å². The fourth-order valence-electron chi connectivity index (χ4n) is 3.65. The SMILES string of the molecule is CCOP(=O)(OCC)C(F)(F)c1sc2c(B3OC(C)(C)C(C)(C)O3)cc(C(=O)OC(C)(C)C)cc2c1Br. The molecule has 1 aliphatic rings. The molecule has 1 aromatic carbocycles. The Bertz CT molecular complexity index is 1220. The van der Waals surface area contributed by atoms with Gasteiger partial charge in [-0.3, -0.25) is 4.57 Å². The number of carbonyl (C=O) groups is 1. The van der Waals surface area contributed by atoms with Gasteiger partial charge in [-0.15, -0.1) is 11.3 Å². The number of esters is 1. The van der Waals surface area contributed by atoms with E-state index in [1.165, 1.54) is 26.0 Å². The highest BCUT2D eigenvalue weighted by Gasteiger charge is 2.58. The number of thiophene rings is 1. The summed E-state index contributed by atoms with van der Waals surface area (Å²) in [5.74, 6) is -0.632. The van der Waals surface area contributed by atoms with Crippen molar-refractivity contribution in [2.75, 3.05) is 13.2 Å². The third-order valence-corrected chi connectivity index (χ3v) is 10.8. The normalized spacial score (nSPS) is 18.0. The zero-order chi connectivity index (χ0) is 28.2. The number of rotatable bonds is 8. The molecule has 1 saturated heterocycles. The van der Waals surface area contributed by atoms with Crippen molar-refractivity contribution in [3.8, 4) is 0 Å². The van der Waals surface area contributed by atoms with Gasteiger partial charge in [0.15, 0.2) is 0 Å². The molecule has 0 atom stereocenters. The van der Waals surface area contributed by atoms with Gasteiger partial charge in [-0.2, -0.15) is 8.78 Å². The van der Waals surface area contributed by atoms with Crippen molar-refractivity contribution >= 4 is 63.5 Å². The summed E-state index contributed by atoms with van der Waals surface area (Å²) in [4.78, 5) is 12.5. The zero-order valence-corrected chi connectivity index (χ0v) is 25.8. The molecule has 37 heavy (non-hydrogen) atoms. The fourth-order valence-corrected chi connectivity index (χ4v) is 7.73. The number of carbonyl (C=O) groups excluding carboxylic acids is 1. The molecule has 206 valence electrons. The third-order valence-electron chi connectivity index (χ3n) is 6.11. The van der Waals surface area contributed by atoms with Gasteiger partial charge >= 0.3 is 26.3 Å². The lowest BCUT2D eigenvalue weighted by atomic mass is 9.77. The lowest BCUT2D eigenvalue weighted by Crippen LogP contribution is -2.41. The van der Waals surface area contributed by atoms with E-state index in [9.17, 15) is 9.36 Å². The van der Waals surface area contributed by atoms with Crippen LogP contribution in [0.2, 0.25) is 0 Å². The number of alkyl halides is 2. The summed E-state index contributed by atoms with van der Waals surface area (Å²) >= 11 is 3.99. The van der Waals surface area contributed by atoms with Gasteiger partial charge in [0.2, 0.25) is 0 Å². The second-order valence-electron chi connectivity index (χ2n) is 10.7. The van der Waals surface area contributed by atoms with Crippen LogP contribution in [0.25, 0.3) is 10.1 Å². The lowest BCUT2D eigenvalue weighted by molar-refractivity contribution is 0.00578. The minimum absolute atomic E-state index is 0.0275. The first-order valence-electron chi connectivity index (χ1n) is 11.9. The predicted molar refractivity (Wildman–Crippen MR) is 145 cm³/mol. The van der Waals surface area contributed by atoms with Gasteiger partial charge in [0.1, 0.15) is 10.5 Å². The standard InChI is InChI=1S/C24H33BBrF2O7PS/c1-10-31-36(30,32-11-2)24(27,28)19-17(26)15-12-14(20(29)33-21(3,4)5)13-16(18(15)37-19)25-34-22(6,7)23(8,9)35-25/h12-13H,10-11H2,1-9H3. The molecule has 13 heteroatoms. The monoisotopic (exact) mass is 624 g/mol. The van der Waals surface area contributed by atoms with E-state index in [0.717, 1.165) is 0 Å². The maximum absolute atomic E-state index is 15.8. The van der Waals surface area contributed by atoms with Crippen molar-refractivity contribution in [2.24, 2.45) is 0 Å². The van der Waals surface area contributed by atoms with E-state index < -0.39 is 48.0 Å². The molecule has 1 aromatic heterocycles. The van der Waals surface area contributed by atoms with Crippen LogP contribution < -0.4 is 5.46 Å². The number of hydrogen-bond donors (Lipinski definition) is 0. The highest BCUT2D eigenvalue weighted by molar-refractivity contribution is 9.10. The van der Waals surface area contributed by atoms with E-state index in [0.29, 0.717) is 26.9 Å². The summed E-state index contributed by atoms with van der Waals surface area (Å²) in [5.41, 5.74) is -5.66. The van der Waals surface area contributed by atoms with Crippen molar-refractivity contribution in [3.05, 3.63) is 27.0 Å². The molecular formula is C24H33BBrF2O7PS.